The average Bonchev–Trinajstić information content (AvgIpc) is 3.24. The Morgan fingerprint density at radius 3 is 2.69 bits per heavy atom. The molecule has 1 aliphatic heterocycles. The number of alkyl halides is 3. The molecule has 4 rings (SSSR count). The second-order valence-corrected chi connectivity index (χ2v) is 8.67. The van der Waals surface area contributed by atoms with Gasteiger partial charge in [0.05, 0.1) is 23.2 Å². The Hall–Kier alpha value is -3.03. The van der Waals surface area contributed by atoms with Gasteiger partial charge in [-0.2, -0.15) is 18.3 Å². The lowest BCUT2D eigenvalue weighted by Gasteiger charge is -2.34. The van der Waals surface area contributed by atoms with E-state index in [2.05, 4.69) is 22.4 Å². The first-order valence-electron chi connectivity index (χ1n) is 10.9. The third-order valence-corrected chi connectivity index (χ3v) is 6.35. The van der Waals surface area contributed by atoms with Gasteiger partial charge in [-0.3, -0.25) is 9.89 Å². The number of rotatable bonds is 5. The van der Waals surface area contributed by atoms with Gasteiger partial charge in [-0.05, 0) is 61.1 Å². The largest absolute Gasteiger partial charge is 0.416 e. The van der Waals surface area contributed by atoms with Gasteiger partial charge in [0.25, 0.3) is 0 Å². The maximum absolute atomic E-state index is 13.3. The standard InChI is InChI=1S/C24H27F3N4O/c1-15-7-9-31(10-8-15)22-12-20(24(25,26)27)5-3-18(22)13-28-23(32)16(2)17-4-6-21-19(11-17)14-29-30-21/h3-6,11-12,14-16H,7-10,13H2,1-2H3,(H,28,32)(H,29,30). The minimum Gasteiger partial charge on any atom is -0.371 e. The van der Waals surface area contributed by atoms with Gasteiger partial charge in [-0.25, -0.2) is 0 Å². The van der Waals surface area contributed by atoms with E-state index >= 15 is 0 Å². The summed E-state index contributed by atoms with van der Waals surface area (Å²) in [4.78, 5) is 14.8. The van der Waals surface area contributed by atoms with Gasteiger partial charge in [-0.15, -0.1) is 0 Å². The number of hydrogen-bond acceptors (Lipinski definition) is 3. The van der Waals surface area contributed by atoms with Crippen molar-refractivity contribution in [2.45, 2.75) is 45.3 Å². The predicted molar refractivity (Wildman–Crippen MR) is 118 cm³/mol. The van der Waals surface area contributed by atoms with Crippen molar-refractivity contribution in [3.63, 3.8) is 0 Å². The zero-order chi connectivity index (χ0) is 22.9. The summed E-state index contributed by atoms with van der Waals surface area (Å²) in [5, 5.41) is 10.7. The van der Waals surface area contributed by atoms with Crippen molar-refractivity contribution < 1.29 is 18.0 Å². The first kappa shape index (κ1) is 22.2. The molecule has 1 saturated heterocycles. The molecule has 2 heterocycles. The van der Waals surface area contributed by atoms with Crippen molar-refractivity contribution >= 4 is 22.5 Å². The number of hydrogen-bond donors (Lipinski definition) is 2. The number of amides is 1. The normalized spacial score (nSPS) is 16.3. The summed E-state index contributed by atoms with van der Waals surface area (Å²) >= 11 is 0. The number of aromatic nitrogens is 2. The van der Waals surface area contributed by atoms with Crippen LogP contribution < -0.4 is 10.2 Å². The first-order valence-corrected chi connectivity index (χ1v) is 10.9. The number of piperidine rings is 1. The highest BCUT2D eigenvalue weighted by Crippen LogP contribution is 2.35. The summed E-state index contributed by atoms with van der Waals surface area (Å²) in [7, 11) is 0. The minimum absolute atomic E-state index is 0.175. The molecular weight excluding hydrogens is 417 g/mol. The zero-order valence-electron chi connectivity index (χ0n) is 18.2. The first-order chi connectivity index (χ1) is 15.2. The quantitative estimate of drug-likeness (QED) is 0.566. The molecule has 0 saturated carbocycles. The SMILES string of the molecule is CC1CCN(c2cc(C(F)(F)F)ccc2CNC(=O)C(C)c2ccc3[nH]ncc3c2)CC1. The molecule has 5 nitrogen and oxygen atoms in total. The van der Waals surface area contributed by atoms with Crippen LogP contribution in [0.3, 0.4) is 0 Å². The van der Waals surface area contributed by atoms with E-state index in [1.54, 1.807) is 6.20 Å². The van der Waals surface area contributed by atoms with Crippen LogP contribution >= 0.6 is 0 Å². The lowest BCUT2D eigenvalue weighted by Crippen LogP contribution is -2.34. The molecule has 8 heteroatoms. The van der Waals surface area contributed by atoms with Crippen LogP contribution in [0.2, 0.25) is 0 Å². The summed E-state index contributed by atoms with van der Waals surface area (Å²) in [6, 6.07) is 9.47. The molecule has 32 heavy (non-hydrogen) atoms. The minimum atomic E-state index is -4.40. The summed E-state index contributed by atoms with van der Waals surface area (Å²) in [6.45, 7) is 5.58. The second kappa shape index (κ2) is 8.84. The van der Waals surface area contributed by atoms with Crippen LogP contribution in [-0.4, -0.2) is 29.2 Å². The molecule has 1 amide bonds. The van der Waals surface area contributed by atoms with Crippen molar-refractivity contribution in [2.24, 2.45) is 5.92 Å². The molecule has 0 bridgehead atoms. The number of anilines is 1. The van der Waals surface area contributed by atoms with Gasteiger partial charge in [-0.1, -0.05) is 19.1 Å². The molecule has 3 aromatic rings. The number of nitrogens with one attached hydrogen (secondary N) is 2. The Morgan fingerprint density at radius 1 is 1.22 bits per heavy atom. The summed E-state index contributed by atoms with van der Waals surface area (Å²) in [5.74, 6) is -0.0115. The molecule has 0 aliphatic carbocycles. The molecule has 1 fully saturated rings. The molecule has 2 N–H and O–H groups in total. The third-order valence-electron chi connectivity index (χ3n) is 6.35. The Balaban J connectivity index is 1.51. The Bertz CT molecular complexity index is 1100. The Morgan fingerprint density at radius 2 is 1.97 bits per heavy atom. The lowest BCUT2D eigenvalue weighted by atomic mass is 9.97. The number of H-pyrrole nitrogens is 1. The van der Waals surface area contributed by atoms with Gasteiger partial charge < -0.3 is 10.2 Å². The molecular formula is C24H27F3N4O. The number of benzene rings is 2. The maximum atomic E-state index is 13.3. The van der Waals surface area contributed by atoms with Crippen molar-refractivity contribution in [1.29, 1.82) is 0 Å². The van der Waals surface area contributed by atoms with Crippen LogP contribution in [-0.2, 0) is 17.5 Å². The van der Waals surface area contributed by atoms with E-state index in [9.17, 15) is 18.0 Å². The van der Waals surface area contributed by atoms with E-state index < -0.39 is 17.7 Å². The van der Waals surface area contributed by atoms with Crippen LogP contribution in [0.25, 0.3) is 10.9 Å². The molecule has 0 radical (unpaired) electrons. The fraction of sp³-hybridized carbons (Fsp3) is 0.417. The van der Waals surface area contributed by atoms with Crippen LogP contribution in [0, 0.1) is 5.92 Å². The monoisotopic (exact) mass is 444 g/mol. The van der Waals surface area contributed by atoms with E-state index in [1.807, 2.05) is 30.0 Å². The van der Waals surface area contributed by atoms with Gasteiger partial charge in [0.1, 0.15) is 0 Å². The van der Waals surface area contributed by atoms with Crippen molar-refractivity contribution in [1.82, 2.24) is 15.5 Å². The van der Waals surface area contributed by atoms with Gasteiger partial charge in [0.15, 0.2) is 0 Å². The maximum Gasteiger partial charge on any atom is 0.416 e. The van der Waals surface area contributed by atoms with Crippen LogP contribution in [0.5, 0.6) is 0 Å². The topological polar surface area (TPSA) is 61.0 Å². The Labute approximate surface area is 185 Å². The van der Waals surface area contributed by atoms with Crippen LogP contribution in [0.1, 0.15) is 49.3 Å². The van der Waals surface area contributed by atoms with Crippen molar-refractivity contribution in [2.75, 3.05) is 18.0 Å². The number of carbonyl (C=O) groups is 1. The lowest BCUT2D eigenvalue weighted by molar-refractivity contribution is -0.137. The van der Waals surface area contributed by atoms with E-state index in [1.165, 1.54) is 12.1 Å². The number of nitrogens with zero attached hydrogens (tertiary/aromatic N) is 2. The average molecular weight is 445 g/mol. The van der Waals surface area contributed by atoms with Gasteiger partial charge in [0.2, 0.25) is 5.91 Å². The van der Waals surface area contributed by atoms with E-state index in [0.717, 1.165) is 35.4 Å². The Kier molecular flexibility index (Phi) is 6.13. The highest BCUT2D eigenvalue weighted by molar-refractivity contribution is 5.86. The smallest absolute Gasteiger partial charge is 0.371 e. The highest BCUT2D eigenvalue weighted by atomic mass is 19.4. The molecule has 1 unspecified atom stereocenters. The summed E-state index contributed by atoms with van der Waals surface area (Å²) in [5.41, 5.74) is 2.33. The van der Waals surface area contributed by atoms with E-state index in [4.69, 9.17) is 0 Å². The van der Waals surface area contributed by atoms with Crippen molar-refractivity contribution in [3.8, 4) is 0 Å². The summed E-state index contributed by atoms with van der Waals surface area (Å²) < 4.78 is 40.0. The molecule has 0 spiro atoms. The van der Waals surface area contributed by atoms with Gasteiger partial charge >= 0.3 is 6.18 Å². The predicted octanol–water partition coefficient (Wildman–Crippen LogP) is 5.24. The fourth-order valence-corrected chi connectivity index (χ4v) is 4.15. The highest BCUT2D eigenvalue weighted by Gasteiger charge is 2.32. The van der Waals surface area contributed by atoms with Gasteiger partial charge in [0, 0.05) is 30.7 Å². The zero-order valence-corrected chi connectivity index (χ0v) is 18.2. The summed E-state index contributed by atoms with van der Waals surface area (Å²) in [6.07, 6.45) is -0.817. The van der Waals surface area contributed by atoms with Crippen LogP contribution in [0.15, 0.2) is 42.6 Å². The van der Waals surface area contributed by atoms with E-state index in [0.29, 0.717) is 30.3 Å². The number of halogens is 3. The van der Waals surface area contributed by atoms with Crippen LogP contribution in [0.4, 0.5) is 18.9 Å². The second-order valence-electron chi connectivity index (χ2n) is 8.67. The number of fused-ring (bicyclic) bond motifs is 1. The molecule has 1 aliphatic rings. The fourth-order valence-electron chi connectivity index (χ4n) is 4.15. The van der Waals surface area contributed by atoms with E-state index in [-0.39, 0.29) is 12.5 Å². The number of carbonyl (C=O) groups excluding carboxylic acids is 1. The molecule has 2 aromatic carbocycles. The molecule has 1 atom stereocenters. The van der Waals surface area contributed by atoms with Crippen molar-refractivity contribution in [3.05, 3.63) is 59.3 Å². The molecule has 1 aromatic heterocycles. The molecule has 170 valence electrons. The third kappa shape index (κ3) is 4.74. The number of aromatic amines is 1.